The molecule has 106 valence electrons. The number of rotatable bonds is 4. The van der Waals surface area contributed by atoms with E-state index in [0.717, 1.165) is 0 Å². The first-order chi connectivity index (χ1) is 10.1. The molecule has 0 radical (unpaired) electrons. The van der Waals surface area contributed by atoms with Crippen molar-refractivity contribution in [3.8, 4) is 5.75 Å². The topological polar surface area (TPSA) is 105 Å². The smallest absolute Gasteiger partial charge is 0.271 e. The highest BCUT2D eigenvalue weighted by atomic mass is 16.6. The number of nitrogens with zero attached hydrogens (tertiary/aromatic N) is 2. The van der Waals surface area contributed by atoms with Crippen molar-refractivity contribution in [1.82, 2.24) is 5.43 Å². The molecule has 1 amide bonds. The van der Waals surface area contributed by atoms with Crippen LogP contribution in [0.4, 0.5) is 5.69 Å². The van der Waals surface area contributed by atoms with E-state index in [1.807, 2.05) is 0 Å². The number of hydrazone groups is 1. The number of hydrogen-bond donors (Lipinski definition) is 2. The molecule has 0 saturated heterocycles. The highest BCUT2D eigenvalue weighted by molar-refractivity contribution is 5.95. The molecule has 2 aromatic carbocycles. The van der Waals surface area contributed by atoms with Crippen molar-refractivity contribution in [2.75, 3.05) is 0 Å². The van der Waals surface area contributed by atoms with E-state index in [-0.39, 0.29) is 17.0 Å². The molecule has 0 unspecified atom stereocenters. The maximum atomic E-state index is 11.8. The van der Waals surface area contributed by atoms with Crippen molar-refractivity contribution in [3.05, 3.63) is 69.8 Å². The van der Waals surface area contributed by atoms with Gasteiger partial charge in [-0.25, -0.2) is 5.43 Å². The minimum Gasteiger partial charge on any atom is -0.508 e. The van der Waals surface area contributed by atoms with Crippen molar-refractivity contribution < 1.29 is 14.8 Å². The van der Waals surface area contributed by atoms with Crippen LogP contribution in [0.1, 0.15) is 15.9 Å². The van der Waals surface area contributed by atoms with Crippen molar-refractivity contribution in [1.29, 1.82) is 0 Å². The van der Waals surface area contributed by atoms with Gasteiger partial charge in [-0.15, -0.1) is 0 Å². The lowest BCUT2D eigenvalue weighted by molar-refractivity contribution is -0.384. The molecule has 0 aliphatic carbocycles. The molecule has 0 spiro atoms. The predicted octanol–water partition coefficient (Wildman–Crippen LogP) is 2.06. The summed E-state index contributed by atoms with van der Waals surface area (Å²) in [6, 6.07) is 11.7. The largest absolute Gasteiger partial charge is 0.508 e. The van der Waals surface area contributed by atoms with Crippen LogP contribution < -0.4 is 5.43 Å². The number of amides is 1. The molecule has 0 aliphatic rings. The number of phenolic OH excluding ortho intramolecular Hbond substituents is 1. The Hall–Kier alpha value is -3.22. The van der Waals surface area contributed by atoms with E-state index in [1.54, 1.807) is 12.1 Å². The highest BCUT2D eigenvalue weighted by Crippen LogP contribution is 2.13. The van der Waals surface area contributed by atoms with E-state index in [0.29, 0.717) is 5.56 Å². The second kappa shape index (κ2) is 6.29. The summed E-state index contributed by atoms with van der Waals surface area (Å²) in [4.78, 5) is 21.8. The third kappa shape index (κ3) is 3.87. The monoisotopic (exact) mass is 285 g/mol. The van der Waals surface area contributed by atoms with E-state index < -0.39 is 10.8 Å². The SMILES string of the molecule is O=C(N/N=C/c1cccc(O)c1)c1cccc([N+](=O)[O-])c1. The van der Waals surface area contributed by atoms with Crippen LogP contribution in [0.15, 0.2) is 53.6 Å². The average Bonchev–Trinajstić information content (AvgIpc) is 2.47. The number of benzene rings is 2. The standard InChI is InChI=1S/C14H11N3O4/c18-13-6-1-3-10(7-13)9-15-16-14(19)11-4-2-5-12(8-11)17(20)21/h1-9,18H,(H,16,19)/b15-9+. The van der Waals surface area contributed by atoms with Gasteiger partial charge in [-0.1, -0.05) is 18.2 Å². The summed E-state index contributed by atoms with van der Waals surface area (Å²) >= 11 is 0. The molecule has 0 heterocycles. The van der Waals surface area contributed by atoms with E-state index in [2.05, 4.69) is 10.5 Å². The van der Waals surface area contributed by atoms with Gasteiger partial charge in [0, 0.05) is 17.7 Å². The normalized spacial score (nSPS) is 10.5. The van der Waals surface area contributed by atoms with Gasteiger partial charge >= 0.3 is 0 Å². The number of phenols is 1. The number of nitro benzene ring substituents is 1. The molecule has 0 atom stereocenters. The Balaban J connectivity index is 2.05. The Morgan fingerprint density at radius 2 is 2.00 bits per heavy atom. The number of aromatic hydroxyl groups is 1. The predicted molar refractivity (Wildman–Crippen MR) is 76.3 cm³/mol. The van der Waals surface area contributed by atoms with Crippen LogP contribution in [-0.2, 0) is 0 Å². The van der Waals surface area contributed by atoms with Gasteiger partial charge < -0.3 is 5.11 Å². The lowest BCUT2D eigenvalue weighted by atomic mass is 10.2. The highest BCUT2D eigenvalue weighted by Gasteiger charge is 2.10. The average molecular weight is 285 g/mol. The number of non-ortho nitro benzene ring substituents is 1. The molecule has 0 aliphatic heterocycles. The van der Waals surface area contributed by atoms with Crippen LogP contribution in [-0.4, -0.2) is 22.2 Å². The summed E-state index contributed by atoms with van der Waals surface area (Å²) in [7, 11) is 0. The summed E-state index contributed by atoms with van der Waals surface area (Å²) in [6.07, 6.45) is 1.36. The number of hydrogen-bond acceptors (Lipinski definition) is 5. The molecule has 7 heteroatoms. The van der Waals surface area contributed by atoms with Gasteiger partial charge in [-0.05, 0) is 23.8 Å². The van der Waals surface area contributed by atoms with Crippen LogP contribution in [0, 0.1) is 10.1 Å². The van der Waals surface area contributed by atoms with Gasteiger partial charge in [-0.2, -0.15) is 5.10 Å². The zero-order valence-corrected chi connectivity index (χ0v) is 10.8. The van der Waals surface area contributed by atoms with Gasteiger partial charge in [0.1, 0.15) is 5.75 Å². The Kier molecular flexibility index (Phi) is 4.25. The Morgan fingerprint density at radius 1 is 1.24 bits per heavy atom. The van der Waals surface area contributed by atoms with Crippen LogP contribution in [0.25, 0.3) is 0 Å². The Bertz CT molecular complexity index is 713. The molecule has 2 N–H and O–H groups in total. The van der Waals surface area contributed by atoms with E-state index in [4.69, 9.17) is 0 Å². The molecule has 7 nitrogen and oxygen atoms in total. The van der Waals surface area contributed by atoms with Crippen molar-refractivity contribution >= 4 is 17.8 Å². The second-order valence-electron chi connectivity index (χ2n) is 4.10. The van der Waals surface area contributed by atoms with Crippen molar-refractivity contribution in [2.24, 2.45) is 5.10 Å². The molecule has 0 saturated carbocycles. The second-order valence-corrected chi connectivity index (χ2v) is 4.10. The van der Waals surface area contributed by atoms with Gasteiger partial charge in [0.2, 0.25) is 0 Å². The van der Waals surface area contributed by atoms with Gasteiger partial charge in [0.05, 0.1) is 11.1 Å². The fourth-order valence-electron chi connectivity index (χ4n) is 1.60. The summed E-state index contributed by atoms with van der Waals surface area (Å²) in [6.45, 7) is 0. The first-order valence-electron chi connectivity index (χ1n) is 5.93. The van der Waals surface area contributed by atoms with Crippen molar-refractivity contribution in [2.45, 2.75) is 0 Å². The summed E-state index contributed by atoms with van der Waals surface area (Å²) in [5.74, 6) is -0.473. The Labute approximate surface area is 119 Å². The quantitative estimate of drug-likeness (QED) is 0.509. The maximum Gasteiger partial charge on any atom is 0.271 e. The van der Waals surface area contributed by atoms with E-state index >= 15 is 0 Å². The number of carbonyl (C=O) groups is 1. The van der Waals surface area contributed by atoms with Gasteiger partial charge in [0.25, 0.3) is 11.6 Å². The molecule has 0 fully saturated rings. The Morgan fingerprint density at radius 3 is 2.71 bits per heavy atom. The summed E-state index contributed by atoms with van der Waals surface area (Å²) in [5, 5.41) is 23.6. The molecular weight excluding hydrogens is 274 g/mol. The number of nitro groups is 1. The fraction of sp³-hybridized carbons (Fsp3) is 0. The zero-order chi connectivity index (χ0) is 15.2. The molecule has 21 heavy (non-hydrogen) atoms. The minimum atomic E-state index is -0.577. The van der Waals surface area contributed by atoms with Gasteiger partial charge in [0.15, 0.2) is 0 Å². The summed E-state index contributed by atoms with van der Waals surface area (Å²) in [5.41, 5.74) is 2.83. The third-order valence-corrected chi connectivity index (χ3v) is 2.57. The maximum absolute atomic E-state index is 11.8. The third-order valence-electron chi connectivity index (χ3n) is 2.57. The lowest BCUT2D eigenvalue weighted by Crippen LogP contribution is -2.17. The molecule has 0 aromatic heterocycles. The molecule has 2 rings (SSSR count). The van der Waals surface area contributed by atoms with E-state index in [1.165, 1.54) is 42.6 Å². The van der Waals surface area contributed by atoms with Crippen LogP contribution in [0.2, 0.25) is 0 Å². The summed E-state index contributed by atoms with van der Waals surface area (Å²) < 4.78 is 0. The minimum absolute atomic E-state index is 0.0870. The van der Waals surface area contributed by atoms with Crippen LogP contribution in [0.3, 0.4) is 0 Å². The first-order valence-corrected chi connectivity index (χ1v) is 5.93. The van der Waals surface area contributed by atoms with E-state index in [9.17, 15) is 20.0 Å². The zero-order valence-electron chi connectivity index (χ0n) is 10.8. The fourth-order valence-corrected chi connectivity index (χ4v) is 1.60. The van der Waals surface area contributed by atoms with Crippen molar-refractivity contribution in [3.63, 3.8) is 0 Å². The number of carbonyl (C=O) groups excluding carboxylic acids is 1. The first kappa shape index (κ1) is 14.2. The molecule has 2 aromatic rings. The van der Waals surface area contributed by atoms with Gasteiger partial charge in [-0.3, -0.25) is 14.9 Å². The molecule has 0 bridgehead atoms. The lowest BCUT2D eigenvalue weighted by Gasteiger charge is -2.00. The molecular formula is C14H11N3O4. The van der Waals surface area contributed by atoms with Crippen LogP contribution >= 0.6 is 0 Å². The number of nitrogens with one attached hydrogen (secondary N) is 1. The van der Waals surface area contributed by atoms with Crippen LogP contribution in [0.5, 0.6) is 5.75 Å².